The van der Waals surface area contributed by atoms with Gasteiger partial charge in [0.05, 0.1) is 28.2 Å². The molecule has 0 atom stereocenters. The minimum atomic E-state index is -0.312. The van der Waals surface area contributed by atoms with Gasteiger partial charge < -0.3 is 4.42 Å². The maximum absolute atomic E-state index is 15.0. The lowest BCUT2D eigenvalue weighted by Crippen LogP contribution is -1.98. The van der Waals surface area contributed by atoms with Crippen LogP contribution in [0.4, 0.5) is 4.39 Å². The molecule has 0 aliphatic rings. The highest BCUT2D eigenvalue weighted by Crippen LogP contribution is 2.39. The van der Waals surface area contributed by atoms with Crippen molar-refractivity contribution in [2.75, 3.05) is 0 Å². The van der Waals surface area contributed by atoms with Crippen molar-refractivity contribution in [1.82, 2.24) is 14.5 Å². The molecule has 4 aromatic carbocycles. The van der Waals surface area contributed by atoms with Crippen LogP contribution in [0.2, 0.25) is 0 Å². The van der Waals surface area contributed by atoms with Crippen LogP contribution in [0, 0.1) is 5.82 Å². The Balaban J connectivity index is 1.67. The lowest BCUT2D eigenvalue weighted by atomic mass is 10.1. The predicted molar refractivity (Wildman–Crippen MR) is 129 cm³/mol. The third-order valence-corrected chi connectivity index (χ3v) is 6.12. The smallest absolute Gasteiger partial charge is 0.149 e. The molecule has 3 heterocycles. The van der Waals surface area contributed by atoms with Gasteiger partial charge in [0.15, 0.2) is 0 Å². The van der Waals surface area contributed by atoms with E-state index in [0.717, 1.165) is 38.6 Å². The Bertz CT molecular complexity index is 1830. The van der Waals surface area contributed by atoms with Crippen LogP contribution in [0.3, 0.4) is 0 Å². The number of fused-ring (bicyclic) bond motifs is 6. The van der Waals surface area contributed by atoms with Crippen molar-refractivity contribution < 1.29 is 8.81 Å². The van der Waals surface area contributed by atoms with Gasteiger partial charge in [0.25, 0.3) is 0 Å². The zero-order valence-electron chi connectivity index (χ0n) is 17.4. The van der Waals surface area contributed by atoms with Crippen molar-refractivity contribution in [2.45, 2.75) is 0 Å². The van der Waals surface area contributed by atoms with Gasteiger partial charge in [0.2, 0.25) is 0 Å². The largest absolute Gasteiger partial charge is 0.455 e. The van der Waals surface area contributed by atoms with E-state index in [1.807, 2.05) is 72.8 Å². The molecular formula is C28H16FN3O. The Hall–Kier alpha value is -4.51. The van der Waals surface area contributed by atoms with E-state index in [2.05, 4.69) is 15.6 Å². The molecule has 0 spiro atoms. The lowest BCUT2D eigenvalue weighted by molar-refractivity contribution is 0.634. The standard InChI is InChI=1S/C28H16FN3O/c29-21-15-14-20(27-25(21)19-11-5-7-13-24(19)33-27)28-31-23-16-30-22-12-6-4-10-18(22)26(23)32(28)17-8-2-1-3-9-17/h1-16H. The number of hydrogen-bond donors (Lipinski definition) is 0. The normalized spacial score (nSPS) is 11.8. The molecule has 3 aromatic heterocycles. The number of nitrogens with zero attached hydrogens (tertiary/aromatic N) is 3. The fourth-order valence-corrected chi connectivity index (χ4v) is 4.68. The first-order valence-electron chi connectivity index (χ1n) is 10.7. The number of aromatic nitrogens is 3. The highest BCUT2D eigenvalue weighted by molar-refractivity contribution is 6.11. The van der Waals surface area contributed by atoms with E-state index < -0.39 is 0 Å². The molecule has 0 radical (unpaired) electrons. The van der Waals surface area contributed by atoms with Crippen molar-refractivity contribution in [3.05, 3.63) is 103 Å². The molecular weight excluding hydrogens is 413 g/mol. The summed E-state index contributed by atoms with van der Waals surface area (Å²) in [4.78, 5) is 9.58. The third kappa shape index (κ3) is 2.56. The number of benzene rings is 4. The van der Waals surface area contributed by atoms with Gasteiger partial charge >= 0.3 is 0 Å². The number of para-hydroxylation sites is 3. The van der Waals surface area contributed by atoms with Gasteiger partial charge in [-0.2, -0.15) is 0 Å². The van der Waals surface area contributed by atoms with Crippen molar-refractivity contribution in [3.8, 4) is 17.1 Å². The first kappa shape index (κ1) is 18.1. The zero-order valence-corrected chi connectivity index (χ0v) is 17.4. The summed E-state index contributed by atoms with van der Waals surface area (Å²) in [5.74, 6) is 0.367. The fourth-order valence-electron chi connectivity index (χ4n) is 4.68. The Morgan fingerprint density at radius 1 is 0.727 bits per heavy atom. The van der Waals surface area contributed by atoms with Crippen LogP contribution < -0.4 is 0 Å². The second-order valence-electron chi connectivity index (χ2n) is 8.01. The molecule has 5 heteroatoms. The van der Waals surface area contributed by atoms with E-state index >= 15 is 0 Å². The molecule has 0 saturated carbocycles. The number of rotatable bonds is 2. The zero-order chi connectivity index (χ0) is 21.9. The maximum Gasteiger partial charge on any atom is 0.149 e. The molecule has 0 amide bonds. The average molecular weight is 429 g/mol. The molecule has 33 heavy (non-hydrogen) atoms. The van der Waals surface area contributed by atoms with Crippen LogP contribution >= 0.6 is 0 Å². The molecule has 0 bridgehead atoms. The number of furan rings is 1. The minimum absolute atomic E-state index is 0.312. The molecule has 0 aliphatic heterocycles. The summed E-state index contributed by atoms with van der Waals surface area (Å²) in [6.07, 6.45) is 1.79. The quantitative estimate of drug-likeness (QED) is 0.290. The molecule has 0 N–H and O–H groups in total. The number of halogens is 1. The van der Waals surface area contributed by atoms with E-state index in [0.29, 0.717) is 22.4 Å². The van der Waals surface area contributed by atoms with E-state index in [4.69, 9.17) is 9.40 Å². The van der Waals surface area contributed by atoms with E-state index in [1.165, 1.54) is 6.07 Å². The van der Waals surface area contributed by atoms with Gasteiger partial charge in [-0.15, -0.1) is 0 Å². The van der Waals surface area contributed by atoms with Gasteiger partial charge in [-0.05, 0) is 36.4 Å². The summed E-state index contributed by atoms with van der Waals surface area (Å²) >= 11 is 0. The lowest BCUT2D eigenvalue weighted by Gasteiger charge is -2.11. The monoisotopic (exact) mass is 429 g/mol. The van der Waals surface area contributed by atoms with Gasteiger partial charge in [-0.3, -0.25) is 9.55 Å². The van der Waals surface area contributed by atoms with Gasteiger partial charge in [-0.25, -0.2) is 9.37 Å². The van der Waals surface area contributed by atoms with Crippen LogP contribution in [-0.4, -0.2) is 14.5 Å². The maximum atomic E-state index is 15.0. The second-order valence-corrected chi connectivity index (χ2v) is 8.01. The van der Waals surface area contributed by atoms with Crippen molar-refractivity contribution in [3.63, 3.8) is 0 Å². The molecule has 0 unspecified atom stereocenters. The SMILES string of the molecule is Fc1ccc(-c2nc3cnc4ccccc4c3n2-c2ccccc2)c2oc3ccccc3c12. The van der Waals surface area contributed by atoms with Crippen LogP contribution in [0.1, 0.15) is 0 Å². The van der Waals surface area contributed by atoms with Crippen molar-refractivity contribution >= 4 is 43.9 Å². The summed E-state index contributed by atoms with van der Waals surface area (Å²) in [6.45, 7) is 0. The number of pyridine rings is 1. The summed E-state index contributed by atoms with van der Waals surface area (Å²) in [5, 5.41) is 2.22. The molecule has 0 aliphatic carbocycles. The first-order chi connectivity index (χ1) is 16.3. The highest BCUT2D eigenvalue weighted by Gasteiger charge is 2.22. The Labute approximate surface area is 187 Å². The summed E-state index contributed by atoms with van der Waals surface area (Å²) < 4.78 is 23.3. The fraction of sp³-hybridized carbons (Fsp3) is 0. The summed E-state index contributed by atoms with van der Waals surface area (Å²) in [5.41, 5.74) is 5.43. The van der Waals surface area contributed by atoms with Crippen LogP contribution in [0.15, 0.2) is 102 Å². The van der Waals surface area contributed by atoms with Gasteiger partial charge in [-0.1, -0.05) is 54.6 Å². The van der Waals surface area contributed by atoms with Gasteiger partial charge in [0.1, 0.15) is 28.3 Å². The molecule has 0 fully saturated rings. The Kier molecular flexibility index (Phi) is 3.70. The summed E-state index contributed by atoms with van der Waals surface area (Å²) in [7, 11) is 0. The van der Waals surface area contributed by atoms with Crippen LogP contribution in [0.5, 0.6) is 0 Å². The summed E-state index contributed by atoms with van der Waals surface area (Å²) in [6, 6.07) is 28.8. The molecule has 7 aromatic rings. The number of hydrogen-bond acceptors (Lipinski definition) is 3. The molecule has 0 saturated heterocycles. The second kappa shape index (κ2) is 6.74. The Morgan fingerprint density at radius 2 is 1.48 bits per heavy atom. The molecule has 7 rings (SSSR count). The predicted octanol–water partition coefficient (Wildman–Crippen LogP) is 7.28. The number of imidazole rings is 1. The Morgan fingerprint density at radius 3 is 2.36 bits per heavy atom. The molecule has 156 valence electrons. The van der Waals surface area contributed by atoms with E-state index in [9.17, 15) is 4.39 Å². The first-order valence-corrected chi connectivity index (χ1v) is 10.7. The van der Waals surface area contributed by atoms with Gasteiger partial charge in [0, 0.05) is 16.5 Å². The molecule has 4 nitrogen and oxygen atoms in total. The van der Waals surface area contributed by atoms with Crippen molar-refractivity contribution in [2.24, 2.45) is 0 Å². The van der Waals surface area contributed by atoms with Crippen LogP contribution in [-0.2, 0) is 0 Å². The van der Waals surface area contributed by atoms with E-state index in [-0.39, 0.29) is 5.82 Å². The highest BCUT2D eigenvalue weighted by atomic mass is 19.1. The van der Waals surface area contributed by atoms with E-state index in [1.54, 1.807) is 12.3 Å². The third-order valence-electron chi connectivity index (χ3n) is 6.12. The average Bonchev–Trinajstić information content (AvgIpc) is 3.44. The van der Waals surface area contributed by atoms with Crippen LogP contribution in [0.25, 0.3) is 61.0 Å². The topological polar surface area (TPSA) is 43.9 Å². The van der Waals surface area contributed by atoms with Crippen molar-refractivity contribution in [1.29, 1.82) is 0 Å². The minimum Gasteiger partial charge on any atom is -0.455 e.